The lowest BCUT2D eigenvalue weighted by Gasteiger charge is -2.33. The maximum atomic E-state index is 14.0. The number of benzene rings is 3. The van der Waals surface area contributed by atoms with Gasteiger partial charge < -0.3 is 10.2 Å². The van der Waals surface area contributed by atoms with E-state index in [0.717, 1.165) is 43.1 Å². The van der Waals surface area contributed by atoms with Crippen LogP contribution >= 0.6 is 23.2 Å². The van der Waals surface area contributed by atoms with E-state index in [4.69, 9.17) is 23.2 Å². The number of hydrogen-bond donors (Lipinski definition) is 1. The molecule has 1 N–H and O–H groups in total. The summed E-state index contributed by atoms with van der Waals surface area (Å²) in [6, 6.07) is 21.2. The molecule has 1 fully saturated rings. The molecule has 4 rings (SSSR count). The Hall–Kier alpha value is -3.07. The summed E-state index contributed by atoms with van der Waals surface area (Å²) in [5, 5.41) is 4.07. The van der Waals surface area contributed by atoms with Gasteiger partial charge >= 0.3 is 0 Å². The zero-order valence-electron chi connectivity index (χ0n) is 24.6. The fourth-order valence-electron chi connectivity index (χ4n) is 5.47. The van der Waals surface area contributed by atoms with E-state index in [1.807, 2.05) is 49.4 Å². The molecule has 0 heterocycles. The monoisotopic (exact) mass is 643 g/mol. The maximum absolute atomic E-state index is 14.0. The average molecular weight is 645 g/mol. The number of anilines is 1. The Labute approximate surface area is 265 Å². The summed E-state index contributed by atoms with van der Waals surface area (Å²) >= 11 is 12.7. The second-order valence-corrected chi connectivity index (χ2v) is 14.0. The van der Waals surface area contributed by atoms with E-state index in [-0.39, 0.29) is 43.8 Å². The Morgan fingerprint density at radius 1 is 0.977 bits per heavy atom. The second kappa shape index (κ2) is 15.1. The van der Waals surface area contributed by atoms with Crippen molar-refractivity contribution in [2.45, 2.75) is 70.5 Å². The van der Waals surface area contributed by atoms with Crippen LogP contribution in [0.3, 0.4) is 0 Å². The minimum absolute atomic E-state index is 0.0467. The Morgan fingerprint density at radius 2 is 1.65 bits per heavy atom. The van der Waals surface area contributed by atoms with Gasteiger partial charge in [-0.25, -0.2) is 8.42 Å². The van der Waals surface area contributed by atoms with Crippen LogP contribution in [0, 0.1) is 6.92 Å². The van der Waals surface area contributed by atoms with Crippen molar-refractivity contribution in [2.24, 2.45) is 0 Å². The first-order valence-corrected chi connectivity index (χ1v) is 17.2. The zero-order chi connectivity index (χ0) is 31.0. The molecule has 43 heavy (non-hydrogen) atoms. The van der Waals surface area contributed by atoms with E-state index in [0.29, 0.717) is 27.7 Å². The minimum Gasteiger partial charge on any atom is -0.352 e. The smallest absolute Gasteiger partial charge is 0.243 e. The molecular formula is C33H39Cl2N3O4S. The van der Waals surface area contributed by atoms with Gasteiger partial charge in [-0.15, -0.1) is 0 Å². The van der Waals surface area contributed by atoms with Gasteiger partial charge in [-0.2, -0.15) is 0 Å². The van der Waals surface area contributed by atoms with Crippen LogP contribution in [0.2, 0.25) is 10.0 Å². The summed E-state index contributed by atoms with van der Waals surface area (Å²) in [5.41, 5.74) is 3.16. The van der Waals surface area contributed by atoms with Crippen LogP contribution in [0.1, 0.15) is 55.2 Å². The fraction of sp³-hybridized carbons (Fsp3) is 0.394. The van der Waals surface area contributed by atoms with E-state index < -0.39 is 16.1 Å². The highest BCUT2D eigenvalue weighted by molar-refractivity contribution is 7.92. The normalized spacial score (nSPS) is 14.3. The van der Waals surface area contributed by atoms with Crippen molar-refractivity contribution in [3.8, 4) is 0 Å². The molecule has 0 saturated heterocycles. The van der Waals surface area contributed by atoms with Crippen LogP contribution in [-0.4, -0.2) is 50.0 Å². The standard InChI is InChI=1S/C33H39Cl2N3O4S/c1-24-14-18-29(19-15-24)38(43(2,41)42)20-8-13-32(39)37(23-26-16-17-27(34)22-30(26)35)31(21-25-9-4-3-5-10-25)33(40)36-28-11-6-7-12-28/h3-5,9-10,14-19,22,28,31H,6-8,11-13,20-21,23H2,1-2H3,(H,36,40)/t31-/m0/s1. The van der Waals surface area contributed by atoms with Crippen LogP contribution in [0.4, 0.5) is 5.69 Å². The largest absolute Gasteiger partial charge is 0.352 e. The number of nitrogens with zero attached hydrogens (tertiary/aromatic N) is 2. The Morgan fingerprint density at radius 3 is 2.28 bits per heavy atom. The first-order chi connectivity index (χ1) is 20.5. The predicted octanol–water partition coefficient (Wildman–Crippen LogP) is 6.55. The molecule has 1 aliphatic rings. The highest BCUT2D eigenvalue weighted by Crippen LogP contribution is 2.26. The first kappa shape index (κ1) is 32.8. The number of hydrogen-bond acceptors (Lipinski definition) is 4. The Balaban J connectivity index is 1.60. The van der Waals surface area contributed by atoms with Crippen molar-refractivity contribution in [2.75, 3.05) is 17.1 Å². The number of aryl methyl sites for hydroxylation is 1. The van der Waals surface area contributed by atoms with Crippen LogP contribution in [-0.2, 0) is 32.6 Å². The summed E-state index contributed by atoms with van der Waals surface area (Å²) in [7, 11) is -3.58. The van der Waals surface area contributed by atoms with Gasteiger partial charge in [0.25, 0.3) is 0 Å². The quantitative estimate of drug-likeness (QED) is 0.229. The fourth-order valence-corrected chi connectivity index (χ4v) is 6.90. The van der Waals surface area contributed by atoms with E-state index in [1.54, 1.807) is 35.2 Å². The number of sulfonamides is 1. The molecule has 7 nitrogen and oxygen atoms in total. The SMILES string of the molecule is Cc1ccc(N(CCCC(=O)N(Cc2ccc(Cl)cc2Cl)[C@@H](Cc2ccccc2)C(=O)NC2CCCC2)S(C)(=O)=O)cc1. The summed E-state index contributed by atoms with van der Waals surface area (Å²) in [6.07, 6.45) is 5.77. The molecule has 10 heteroatoms. The molecular weight excluding hydrogens is 605 g/mol. The summed E-state index contributed by atoms with van der Waals surface area (Å²) in [5.74, 6) is -0.461. The van der Waals surface area contributed by atoms with Crippen molar-refractivity contribution in [3.63, 3.8) is 0 Å². The molecule has 0 aliphatic heterocycles. The third-order valence-corrected chi connectivity index (χ3v) is 9.58. The minimum atomic E-state index is -3.58. The summed E-state index contributed by atoms with van der Waals surface area (Å²) < 4.78 is 26.6. The van der Waals surface area contributed by atoms with E-state index in [1.165, 1.54) is 4.31 Å². The average Bonchev–Trinajstić information content (AvgIpc) is 3.47. The second-order valence-electron chi connectivity index (χ2n) is 11.2. The predicted molar refractivity (Wildman–Crippen MR) is 174 cm³/mol. The van der Waals surface area contributed by atoms with Gasteiger partial charge in [-0.3, -0.25) is 13.9 Å². The Bertz CT molecular complexity index is 1490. The highest BCUT2D eigenvalue weighted by atomic mass is 35.5. The maximum Gasteiger partial charge on any atom is 0.243 e. The lowest BCUT2D eigenvalue weighted by atomic mass is 10.0. The van der Waals surface area contributed by atoms with Gasteiger partial charge in [0.1, 0.15) is 6.04 Å². The molecule has 2 amide bonds. The molecule has 0 spiro atoms. The molecule has 230 valence electrons. The molecule has 1 saturated carbocycles. The number of carbonyl (C=O) groups is 2. The number of amides is 2. The van der Waals surface area contributed by atoms with Crippen molar-refractivity contribution >= 4 is 50.7 Å². The first-order valence-electron chi connectivity index (χ1n) is 14.6. The van der Waals surface area contributed by atoms with Gasteiger partial charge in [-0.1, -0.05) is 90.1 Å². The Kier molecular flexibility index (Phi) is 11.5. The van der Waals surface area contributed by atoms with Gasteiger partial charge in [0.15, 0.2) is 0 Å². The van der Waals surface area contributed by atoms with Crippen LogP contribution < -0.4 is 9.62 Å². The van der Waals surface area contributed by atoms with Gasteiger partial charge in [0, 0.05) is 42.0 Å². The van der Waals surface area contributed by atoms with Gasteiger partial charge in [-0.05, 0) is 61.6 Å². The van der Waals surface area contributed by atoms with E-state index in [2.05, 4.69) is 5.32 Å². The number of rotatable bonds is 13. The van der Waals surface area contributed by atoms with Crippen molar-refractivity contribution < 1.29 is 18.0 Å². The molecule has 3 aromatic rings. The van der Waals surface area contributed by atoms with Gasteiger partial charge in [0.2, 0.25) is 21.8 Å². The zero-order valence-corrected chi connectivity index (χ0v) is 27.0. The molecule has 0 radical (unpaired) electrons. The molecule has 3 aromatic carbocycles. The number of nitrogens with one attached hydrogen (secondary N) is 1. The van der Waals surface area contributed by atoms with Crippen LogP contribution in [0.5, 0.6) is 0 Å². The number of carbonyl (C=O) groups excluding carboxylic acids is 2. The topological polar surface area (TPSA) is 86.8 Å². The van der Waals surface area contributed by atoms with E-state index >= 15 is 0 Å². The van der Waals surface area contributed by atoms with Crippen LogP contribution in [0.25, 0.3) is 0 Å². The molecule has 0 aromatic heterocycles. The summed E-state index contributed by atoms with van der Waals surface area (Å²) in [6.45, 7) is 2.17. The third-order valence-electron chi connectivity index (χ3n) is 7.80. The lowest BCUT2D eigenvalue weighted by molar-refractivity contribution is -0.141. The highest BCUT2D eigenvalue weighted by Gasteiger charge is 2.32. The van der Waals surface area contributed by atoms with Crippen LogP contribution in [0.15, 0.2) is 72.8 Å². The molecule has 0 unspecified atom stereocenters. The van der Waals surface area contributed by atoms with Crippen molar-refractivity contribution in [1.29, 1.82) is 0 Å². The lowest BCUT2D eigenvalue weighted by Crippen LogP contribution is -2.52. The summed E-state index contributed by atoms with van der Waals surface area (Å²) in [4.78, 5) is 29.5. The van der Waals surface area contributed by atoms with E-state index in [9.17, 15) is 18.0 Å². The number of halogens is 2. The molecule has 1 atom stereocenters. The molecule has 0 bridgehead atoms. The third kappa shape index (κ3) is 9.46. The van der Waals surface area contributed by atoms with Crippen molar-refractivity contribution in [3.05, 3.63) is 99.5 Å². The molecule has 1 aliphatic carbocycles. The van der Waals surface area contributed by atoms with Gasteiger partial charge in [0.05, 0.1) is 11.9 Å². The van der Waals surface area contributed by atoms with Crippen molar-refractivity contribution in [1.82, 2.24) is 10.2 Å².